The monoisotopic (exact) mass is 304 g/mol. The van der Waals surface area contributed by atoms with Gasteiger partial charge in [-0.3, -0.25) is 8.42 Å². The Hall–Kier alpha value is 1.09. The second kappa shape index (κ2) is 16.6. The maximum Gasteiger partial charge on any atom is 3.00 e. The maximum absolute atomic E-state index is 8.52. The molecule has 10 heteroatoms. The molecule has 0 aliphatic carbocycles. The van der Waals surface area contributed by atoms with Crippen LogP contribution < -0.4 is 24.6 Å². The summed E-state index contributed by atoms with van der Waals surface area (Å²) in [6, 6.07) is 0. The Morgan fingerprint density at radius 1 is 0.800 bits per heavy atom. The standard InChI is InChI=1S/Ce.4H3N.H2O4S/c;;;;;1-5(2,3)4/h;4*1H3;(H2,1,2,3,4)/q+3;;;;;/p-2. The topological polar surface area (TPSA) is 220 Å². The van der Waals surface area contributed by atoms with E-state index in [0.29, 0.717) is 0 Å². The fourth-order valence-electron chi connectivity index (χ4n) is 0. The first-order valence-electron chi connectivity index (χ1n) is 0.667. The average molecular weight is 304 g/mol. The van der Waals surface area contributed by atoms with Crippen molar-refractivity contribution >= 4 is 10.4 Å². The molecule has 0 aromatic carbocycles. The van der Waals surface area contributed by atoms with Gasteiger partial charge in [0.2, 0.25) is 0 Å². The number of hydrogen-bond acceptors (Lipinski definition) is 8. The number of hydrogen-bond donors (Lipinski definition) is 4. The molecule has 0 aromatic rings. The van der Waals surface area contributed by atoms with E-state index in [1.54, 1.807) is 0 Å². The number of rotatable bonds is 0. The Labute approximate surface area is 93.4 Å². The van der Waals surface area contributed by atoms with Crippen molar-refractivity contribution in [3.8, 4) is 0 Å². The summed E-state index contributed by atoms with van der Waals surface area (Å²) in [5, 5.41) is 0. The van der Waals surface area contributed by atoms with E-state index in [1.807, 2.05) is 0 Å². The van der Waals surface area contributed by atoms with Crippen molar-refractivity contribution in [1.82, 2.24) is 24.6 Å². The van der Waals surface area contributed by atoms with Crippen LogP contribution in [-0.2, 0) is 10.4 Å². The summed E-state index contributed by atoms with van der Waals surface area (Å²) in [5.41, 5.74) is 0. The van der Waals surface area contributed by atoms with Gasteiger partial charge in [0.25, 0.3) is 0 Å². The van der Waals surface area contributed by atoms with Crippen LogP contribution in [-0.4, -0.2) is 17.5 Å². The Morgan fingerprint density at radius 2 is 0.800 bits per heavy atom. The molecular formula is H12CeN4O4S+. The molecule has 8 nitrogen and oxygen atoms in total. The zero-order valence-corrected chi connectivity index (χ0v) is 9.33. The van der Waals surface area contributed by atoms with Crippen LogP contribution >= 0.6 is 0 Å². The van der Waals surface area contributed by atoms with Crippen molar-refractivity contribution in [3.63, 3.8) is 0 Å². The molecule has 0 saturated heterocycles. The van der Waals surface area contributed by atoms with Gasteiger partial charge in [-0.1, -0.05) is 0 Å². The summed E-state index contributed by atoms with van der Waals surface area (Å²) in [7, 11) is -5.17. The first-order valence-corrected chi connectivity index (χ1v) is 2.00. The van der Waals surface area contributed by atoms with Crippen LogP contribution in [0.2, 0.25) is 0 Å². The van der Waals surface area contributed by atoms with E-state index in [4.69, 9.17) is 17.5 Å². The van der Waals surface area contributed by atoms with Crippen LogP contribution in [0.4, 0.5) is 0 Å². The molecule has 0 unspecified atom stereocenters. The minimum Gasteiger partial charge on any atom is -0.759 e. The fraction of sp³-hybridized carbons (Fsp3) is 0. The maximum atomic E-state index is 8.52. The summed E-state index contributed by atoms with van der Waals surface area (Å²) < 4.78 is 34.1. The Kier molecular flexibility index (Phi) is 72.3. The molecule has 0 atom stereocenters. The van der Waals surface area contributed by atoms with E-state index >= 15 is 0 Å². The molecule has 12 N–H and O–H groups in total. The molecule has 0 heterocycles. The van der Waals surface area contributed by atoms with Gasteiger partial charge in [-0.25, -0.2) is 0 Å². The van der Waals surface area contributed by atoms with Crippen molar-refractivity contribution in [2.75, 3.05) is 0 Å². The van der Waals surface area contributed by atoms with Crippen LogP contribution in [0.25, 0.3) is 0 Å². The third-order valence-electron chi connectivity index (χ3n) is 0. The van der Waals surface area contributed by atoms with Gasteiger partial charge in [0.15, 0.2) is 0 Å². The molecule has 10 heavy (non-hydrogen) atoms. The van der Waals surface area contributed by atoms with Crippen molar-refractivity contribution in [1.29, 1.82) is 0 Å². The fourth-order valence-corrected chi connectivity index (χ4v) is 0. The molecule has 0 aliphatic heterocycles. The Bertz CT molecular complexity index is 100. The molecule has 65 valence electrons. The molecule has 0 bridgehead atoms. The molecule has 0 amide bonds. The van der Waals surface area contributed by atoms with E-state index in [0.717, 1.165) is 0 Å². The van der Waals surface area contributed by atoms with Gasteiger partial charge in [0, 0.05) is 10.4 Å². The van der Waals surface area contributed by atoms with Crippen LogP contribution in [0.3, 0.4) is 0 Å². The summed E-state index contributed by atoms with van der Waals surface area (Å²) in [6.07, 6.45) is 0. The predicted octanol–water partition coefficient (Wildman–Crippen LogP) is -0.690. The van der Waals surface area contributed by atoms with Gasteiger partial charge < -0.3 is 33.7 Å². The Morgan fingerprint density at radius 3 is 0.800 bits per heavy atom. The SMILES string of the molecule is N.N.N.N.O=S(=O)([O-])[O-].[Ce+3]. The summed E-state index contributed by atoms with van der Waals surface area (Å²) in [6.45, 7) is 0. The van der Waals surface area contributed by atoms with Gasteiger partial charge in [-0.05, 0) is 0 Å². The van der Waals surface area contributed by atoms with Gasteiger partial charge in [0.05, 0.1) is 0 Å². The largest absolute Gasteiger partial charge is 3.00 e. The average Bonchev–Trinajstić information content (AvgIpc) is 0.722. The molecule has 0 aromatic heterocycles. The van der Waals surface area contributed by atoms with Crippen molar-refractivity contribution in [2.24, 2.45) is 0 Å². The second-order valence-electron chi connectivity index (χ2n) is 0.408. The third-order valence-corrected chi connectivity index (χ3v) is 0. The van der Waals surface area contributed by atoms with Crippen molar-refractivity contribution in [3.05, 3.63) is 0 Å². The minimum atomic E-state index is -5.17. The predicted molar refractivity (Wildman–Crippen MR) is 30.6 cm³/mol. The molecule has 0 saturated carbocycles. The van der Waals surface area contributed by atoms with E-state index in [1.165, 1.54) is 0 Å². The molecule has 0 fully saturated rings. The smallest absolute Gasteiger partial charge is 0.759 e. The zero-order chi connectivity index (χ0) is 4.50. The van der Waals surface area contributed by atoms with E-state index in [-0.39, 0.29) is 66.3 Å². The first-order chi connectivity index (χ1) is 2.00. The van der Waals surface area contributed by atoms with E-state index in [2.05, 4.69) is 0 Å². The van der Waals surface area contributed by atoms with Crippen LogP contribution in [0.1, 0.15) is 0 Å². The Balaban J connectivity index is -0.00000000800. The van der Waals surface area contributed by atoms with Crippen molar-refractivity contribution in [2.45, 2.75) is 0 Å². The normalized spacial score (nSPS) is 5.80. The molecular weight excluding hydrogens is 292 g/mol. The molecule has 0 rings (SSSR count). The third kappa shape index (κ3) is 503. The quantitative estimate of drug-likeness (QED) is 0.330. The van der Waals surface area contributed by atoms with Crippen LogP contribution in [0.5, 0.6) is 0 Å². The molecule has 0 spiro atoms. The zero-order valence-electron chi connectivity index (χ0n) is 5.37. The summed E-state index contributed by atoms with van der Waals surface area (Å²) in [5.74, 6) is 0. The first kappa shape index (κ1) is 43.6. The summed E-state index contributed by atoms with van der Waals surface area (Å²) >= 11 is 0. The van der Waals surface area contributed by atoms with Crippen LogP contribution in [0, 0.1) is 41.7 Å². The van der Waals surface area contributed by atoms with E-state index < -0.39 is 10.4 Å². The van der Waals surface area contributed by atoms with Crippen molar-refractivity contribution < 1.29 is 59.3 Å². The minimum absolute atomic E-state index is 0. The van der Waals surface area contributed by atoms with Gasteiger partial charge in [0.1, 0.15) is 0 Å². The second-order valence-corrected chi connectivity index (χ2v) is 1.22. The molecule has 0 aliphatic rings. The van der Waals surface area contributed by atoms with Gasteiger partial charge in [-0.15, -0.1) is 0 Å². The summed E-state index contributed by atoms with van der Waals surface area (Å²) in [4.78, 5) is 0. The molecule has 1 radical (unpaired) electrons. The van der Waals surface area contributed by atoms with Gasteiger partial charge >= 0.3 is 41.7 Å². The van der Waals surface area contributed by atoms with E-state index in [9.17, 15) is 0 Å². The van der Waals surface area contributed by atoms with Crippen LogP contribution in [0.15, 0.2) is 0 Å². The van der Waals surface area contributed by atoms with Gasteiger partial charge in [-0.2, -0.15) is 0 Å².